The van der Waals surface area contributed by atoms with Gasteiger partial charge in [-0.25, -0.2) is 0 Å². The molecule has 9 heteroatoms. The third kappa shape index (κ3) is 4.29. The molecule has 0 saturated heterocycles. The summed E-state index contributed by atoms with van der Waals surface area (Å²) >= 11 is 0. The molecule has 0 aliphatic carbocycles. The van der Waals surface area contributed by atoms with Gasteiger partial charge in [0.2, 0.25) is 0 Å². The molecule has 0 aliphatic heterocycles. The van der Waals surface area contributed by atoms with Gasteiger partial charge in [-0.3, -0.25) is 14.3 Å². The lowest BCUT2D eigenvalue weighted by atomic mass is 10.2. The smallest absolute Gasteiger partial charge is 0.291 e. The van der Waals surface area contributed by atoms with Gasteiger partial charge in [-0.05, 0) is 31.2 Å². The Morgan fingerprint density at radius 3 is 2.53 bits per heavy atom. The Morgan fingerprint density at radius 1 is 1.17 bits per heavy atom. The number of aryl methyl sites for hydroxylation is 1. The minimum atomic E-state index is -0.484. The van der Waals surface area contributed by atoms with E-state index in [0.29, 0.717) is 28.6 Å². The van der Waals surface area contributed by atoms with Crippen molar-refractivity contribution >= 4 is 17.5 Å². The number of carbonyl (C=O) groups is 2. The van der Waals surface area contributed by atoms with Crippen LogP contribution in [0.15, 0.2) is 40.8 Å². The highest BCUT2D eigenvalue weighted by Gasteiger charge is 2.24. The van der Waals surface area contributed by atoms with E-state index in [4.69, 9.17) is 13.9 Å². The average Bonchev–Trinajstić information content (AvgIpc) is 3.32. The molecule has 0 bridgehead atoms. The zero-order valence-corrected chi connectivity index (χ0v) is 17.6. The number of furan rings is 1. The van der Waals surface area contributed by atoms with Crippen molar-refractivity contribution in [2.24, 2.45) is 7.05 Å². The summed E-state index contributed by atoms with van der Waals surface area (Å²) in [6.07, 6.45) is 0. The zero-order chi connectivity index (χ0) is 21.8. The molecule has 3 aromatic rings. The summed E-state index contributed by atoms with van der Waals surface area (Å²) < 4.78 is 18.1. The van der Waals surface area contributed by atoms with Gasteiger partial charge < -0.3 is 24.1 Å². The third-order valence-electron chi connectivity index (χ3n) is 4.51. The van der Waals surface area contributed by atoms with Crippen LogP contribution in [0.5, 0.6) is 11.5 Å². The van der Waals surface area contributed by atoms with E-state index in [0.717, 1.165) is 0 Å². The molecule has 0 unspecified atom stereocenters. The number of hydrogen-bond donors (Lipinski definition) is 1. The normalized spacial score (nSPS) is 10.6. The van der Waals surface area contributed by atoms with Gasteiger partial charge in [0, 0.05) is 21.1 Å². The van der Waals surface area contributed by atoms with E-state index in [1.54, 1.807) is 64.1 Å². The van der Waals surface area contributed by atoms with Crippen LogP contribution in [0, 0.1) is 6.92 Å². The van der Waals surface area contributed by atoms with Gasteiger partial charge >= 0.3 is 0 Å². The van der Waals surface area contributed by atoms with Crippen LogP contribution < -0.4 is 14.8 Å². The molecule has 0 radical (unpaired) electrons. The van der Waals surface area contributed by atoms with E-state index in [9.17, 15) is 9.59 Å². The Labute approximate surface area is 174 Å². The fourth-order valence-corrected chi connectivity index (χ4v) is 2.76. The minimum absolute atomic E-state index is 0.0973. The predicted molar refractivity (Wildman–Crippen MR) is 110 cm³/mol. The lowest BCUT2D eigenvalue weighted by molar-refractivity contribution is 0.0822. The molecule has 1 aromatic carbocycles. The minimum Gasteiger partial charge on any atom is -0.493 e. The van der Waals surface area contributed by atoms with Gasteiger partial charge in [0.25, 0.3) is 11.8 Å². The second-order valence-corrected chi connectivity index (χ2v) is 6.79. The number of nitrogens with zero attached hydrogens (tertiary/aromatic N) is 3. The summed E-state index contributed by atoms with van der Waals surface area (Å²) in [6.45, 7) is 1.90. The second-order valence-electron chi connectivity index (χ2n) is 6.79. The number of para-hydroxylation sites is 2. The topological polar surface area (TPSA) is 98.8 Å². The maximum absolute atomic E-state index is 12.7. The highest BCUT2D eigenvalue weighted by molar-refractivity contribution is 6.07. The summed E-state index contributed by atoms with van der Waals surface area (Å²) in [5.74, 6) is 0.952. The summed E-state index contributed by atoms with van der Waals surface area (Å²) in [5.41, 5.74) is 1.17. The number of aromatic nitrogens is 2. The molecule has 0 saturated carbocycles. The lowest BCUT2D eigenvalue weighted by Gasteiger charge is -2.10. The van der Waals surface area contributed by atoms with E-state index in [-0.39, 0.29) is 24.0 Å². The summed E-state index contributed by atoms with van der Waals surface area (Å²) in [5, 5.41) is 6.94. The first-order valence-corrected chi connectivity index (χ1v) is 9.23. The first-order chi connectivity index (χ1) is 14.3. The monoisotopic (exact) mass is 412 g/mol. The van der Waals surface area contributed by atoms with Crippen molar-refractivity contribution in [3.63, 3.8) is 0 Å². The molecule has 0 fully saturated rings. The van der Waals surface area contributed by atoms with Crippen LogP contribution in [0.4, 0.5) is 5.69 Å². The number of hydrogen-bond acceptors (Lipinski definition) is 6. The first kappa shape index (κ1) is 21.0. The molecule has 2 heterocycles. The van der Waals surface area contributed by atoms with Gasteiger partial charge in [-0.2, -0.15) is 5.10 Å². The summed E-state index contributed by atoms with van der Waals surface area (Å²) in [4.78, 5) is 26.5. The van der Waals surface area contributed by atoms with Crippen molar-refractivity contribution in [2.75, 3.05) is 26.5 Å². The van der Waals surface area contributed by atoms with Crippen molar-refractivity contribution in [3.8, 4) is 11.5 Å². The van der Waals surface area contributed by atoms with Crippen molar-refractivity contribution < 1.29 is 23.5 Å². The molecule has 0 spiro atoms. The fourth-order valence-electron chi connectivity index (χ4n) is 2.76. The molecule has 3 rings (SSSR count). The number of amides is 2. The van der Waals surface area contributed by atoms with Crippen LogP contribution in [0.3, 0.4) is 0 Å². The van der Waals surface area contributed by atoms with Crippen LogP contribution in [0.25, 0.3) is 0 Å². The molecular formula is C21H24N4O5. The Hall–Kier alpha value is -3.75. The van der Waals surface area contributed by atoms with E-state index in [1.807, 2.05) is 12.1 Å². The van der Waals surface area contributed by atoms with Gasteiger partial charge in [0.05, 0.1) is 18.5 Å². The molecule has 30 heavy (non-hydrogen) atoms. The van der Waals surface area contributed by atoms with Gasteiger partial charge in [-0.15, -0.1) is 0 Å². The molecular weight excluding hydrogens is 388 g/mol. The van der Waals surface area contributed by atoms with E-state index >= 15 is 0 Å². The van der Waals surface area contributed by atoms with Crippen molar-refractivity contribution in [1.82, 2.24) is 14.7 Å². The largest absolute Gasteiger partial charge is 0.493 e. The number of carbonyl (C=O) groups excluding carboxylic acids is 2. The highest BCUT2D eigenvalue weighted by Crippen LogP contribution is 2.27. The predicted octanol–water partition coefficient (Wildman–Crippen LogP) is 2.86. The lowest BCUT2D eigenvalue weighted by Crippen LogP contribution is -2.24. The van der Waals surface area contributed by atoms with Gasteiger partial charge in [0.15, 0.2) is 23.0 Å². The Kier molecular flexibility index (Phi) is 6.10. The van der Waals surface area contributed by atoms with Crippen LogP contribution >= 0.6 is 0 Å². The maximum atomic E-state index is 12.7. The molecule has 1 N–H and O–H groups in total. The van der Waals surface area contributed by atoms with Crippen LogP contribution in [-0.2, 0) is 13.7 Å². The Balaban J connectivity index is 1.72. The molecule has 0 aliphatic rings. The summed E-state index contributed by atoms with van der Waals surface area (Å²) in [6, 6.07) is 10.5. The quantitative estimate of drug-likeness (QED) is 0.641. The second kappa shape index (κ2) is 8.73. The maximum Gasteiger partial charge on any atom is 0.291 e. The van der Waals surface area contributed by atoms with Gasteiger partial charge in [-0.1, -0.05) is 12.1 Å². The third-order valence-corrected chi connectivity index (χ3v) is 4.51. The molecule has 158 valence electrons. The number of anilines is 1. The van der Waals surface area contributed by atoms with Crippen molar-refractivity contribution in [1.29, 1.82) is 0 Å². The molecule has 0 atom stereocenters. The van der Waals surface area contributed by atoms with Gasteiger partial charge in [0.1, 0.15) is 12.4 Å². The average molecular weight is 412 g/mol. The SMILES string of the molecule is COc1ccccc1OCc1ccc(C(=O)Nc2c(C(=O)N(C)C)nn(C)c2C)o1. The van der Waals surface area contributed by atoms with E-state index in [2.05, 4.69) is 10.4 Å². The number of methoxy groups -OCH3 is 1. The summed E-state index contributed by atoms with van der Waals surface area (Å²) in [7, 11) is 6.52. The standard InChI is InChI=1S/C21H24N4O5/c1-13-18(19(23-25(13)4)21(27)24(2)3)22-20(26)17-11-10-14(30-17)12-29-16-9-7-6-8-15(16)28-5/h6-11H,12H2,1-5H3,(H,22,26). The highest BCUT2D eigenvalue weighted by atomic mass is 16.5. The number of benzene rings is 1. The number of rotatable bonds is 7. The molecule has 2 amide bonds. The molecule has 9 nitrogen and oxygen atoms in total. The van der Waals surface area contributed by atoms with Crippen LogP contribution in [0.2, 0.25) is 0 Å². The van der Waals surface area contributed by atoms with Crippen molar-refractivity contribution in [2.45, 2.75) is 13.5 Å². The van der Waals surface area contributed by atoms with E-state index < -0.39 is 5.91 Å². The van der Waals surface area contributed by atoms with E-state index in [1.165, 1.54) is 4.90 Å². The van der Waals surface area contributed by atoms with Crippen LogP contribution in [-0.4, -0.2) is 47.7 Å². The van der Waals surface area contributed by atoms with Crippen LogP contribution in [0.1, 0.15) is 32.5 Å². The Bertz CT molecular complexity index is 1070. The first-order valence-electron chi connectivity index (χ1n) is 9.23. The van der Waals surface area contributed by atoms with Crippen molar-refractivity contribution in [3.05, 3.63) is 59.3 Å². The fraction of sp³-hybridized carbons (Fsp3) is 0.286. The molecule has 2 aromatic heterocycles. The number of nitrogens with one attached hydrogen (secondary N) is 1. The Morgan fingerprint density at radius 2 is 1.87 bits per heavy atom. The number of ether oxygens (including phenoxy) is 2. The zero-order valence-electron chi connectivity index (χ0n) is 17.6.